The summed E-state index contributed by atoms with van der Waals surface area (Å²) in [5.41, 5.74) is 7.17. The Morgan fingerprint density at radius 2 is 2.00 bits per heavy atom. The number of amides is 2. The Morgan fingerprint density at radius 3 is 2.60 bits per heavy atom. The lowest BCUT2D eigenvalue weighted by molar-refractivity contribution is -0.525. The molecule has 30 heavy (non-hydrogen) atoms. The molecule has 2 unspecified atom stereocenters. The lowest BCUT2D eigenvalue weighted by Crippen LogP contribution is -2.47. The molecule has 2 saturated carbocycles. The highest BCUT2D eigenvalue weighted by molar-refractivity contribution is 5.87. The molecule has 2 amide bonds. The van der Waals surface area contributed by atoms with Crippen molar-refractivity contribution in [3.63, 3.8) is 0 Å². The van der Waals surface area contributed by atoms with Crippen molar-refractivity contribution in [3.8, 4) is 0 Å². The van der Waals surface area contributed by atoms with Crippen LogP contribution in [0.2, 0.25) is 0 Å². The first-order chi connectivity index (χ1) is 14.2. The molecule has 0 aromatic heterocycles. The average molecular weight is 425 g/mol. The van der Waals surface area contributed by atoms with Gasteiger partial charge in [0.15, 0.2) is 5.03 Å². The van der Waals surface area contributed by atoms with Crippen molar-refractivity contribution in [2.75, 3.05) is 13.1 Å². The van der Waals surface area contributed by atoms with E-state index < -0.39 is 11.1 Å². The van der Waals surface area contributed by atoms with Gasteiger partial charge in [-0.05, 0) is 62.2 Å². The molecule has 2 fully saturated rings. The van der Waals surface area contributed by atoms with Crippen molar-refractivity contribution in [3.05, 3.63) is 10.1 Å². The van der Waals surface area contributed by atoms with E-state index in [1.807, 2.05) is 0 Å². The predicted molar refractivity (Wildman–Crippen MR) is 114 cm³/mol. The number of carbonyl (C=O) groups excluding carboxylic acids is 2. The minimum Gasteiger partial charge on any atom is -0.365 e. The topological polar surface area (TPSA) is 152 Å². The highest BCUT2D eigenvalue weighted by atomic mass is 16.7. The van der Waals surface area contributed by atoms with Gasteiger partial charge in [-0.2, -0.15) is 0 Å². The number of nitrogens with one attached hydrogen (secondary N) is 3. The van der Waals surface area contributed by atoms with E-state index in [4.69, 9.17) is 5.73 Å². The molecule has 0 aromatic rings. The zero-order valence-electron chi connectivity index (χ0n) is 18.1. The van der Waals surface area contributed by atoms with Crippen LogP contribution in [0.4, 0.5) is 0 Å². The monoisotopic (exact) mass is 424 g/mol. The number of hydrazine groups is 1. The molecule has 2 aliphatic rings. The van der Waals surface area contributed by atoms with E-state index in [1.54, 1.807) is 5.43 Å². The molecule has 5 N–H and O–H groups in total. The van der Waals surface area contributed by atoms with Gasteiger partial charge in [0.1, 0.15) is 6.04 Å². The Kier molecular flexibility index (Phi) is 9.32. The number of carbonyl (C=O) groups is 2. The van der Waals surface area contributed by atoms with Crippen molar-refractivity contribution >= 4 is 17.8 Å². The van der Waals surface area contributed by atoms with Crippen LogP contribution in [-0.4, -0.2) is 41.9 Å². The summed E-state index contributed by atoms with van der Waals surface area (Å²) < 4.78 is 0. The zero-order chi connectivity index (χ0) is 22.1. The number of hydrogen-bond donors (Lipinski definition) is 4. The Labute approximate surface area is 177 Å². The molecule has 2 bridgehead atoms. The average Bonchev–Trinajstić information content (AvgIpc) is 3.26. The minimum absolute atomic E-state index is 0.0745. The second-order valence-corrected chi connectivity index (χ2v) is 9.01. The SMILES string of the molecule is CC(C)CCNC(=O)[C@H](CCCN=C(N)N[N+](=O)[O-])NC(=O)CC1CC2CC[C@@H]1C2. The molecule has 0 aromatic carbocycles. The molecule has 0 aliphatic heterocycles. The normalized spacial score (nSPS) is 24.0. The maximum absolute atomic E-state index is 12.6. The third-order valence-electron chi connectivity index (χ3n) is 6.14. The van der Waals surface area contributed by atoms with Gasteiger partial charge in [0.05, 0.1) is 0 Å². The number of fused-ring (bicyclic) bond motifs is 2. The van der Waals surface area contributed by atoms with Crippen LogP contribution in [0.5, 0.6) is 0 Å². The van der Waals surface area contributed by atoms with Gasteiger partial charge in [-0.1, -0.05) is 25.7 Å². The molecular weight excluding hydrogens is 388 g/mol. The zero-order valence-corrected chi connectivity index (χ0v) is 18.1. The van der Waals surface area contributed by atoms with E-state index in [0.29, 0.717) is 43.6 Å². The quantitative estimate of drug-likeness (QED) is 0.122. The molecule has 0 spiro atoms. The summed E-state index contributed by atoms with van der Waals surface area (Å²) in [4.78, 5) is 39.4. The largest absolute Gasteiger partial charge is 0.365 e. The predicted octanol–water partition coefficient (Wildman–Crippen LogP) is 1.34. The number of guanidine groups is 1. The maximum atomic E-state index is 12.6. The first kappa shape index (κ1) is 23.9. The number of hydrogen-bond acceptors (Lipinski definition) is 5. The van der Waals surface area contributed by atoms with Crippen LogP contribution in [-0.2, 0) is 9.59 Å². The van der Waals surface area contributed by atoms with Crippen LogP contribution < -0.4 is 21.8 Å². The molecule has 0 radical (unpaired) electrons. The Morgan fingerprint density at radius 1 is 1.23 bits per heavy atom. The summed E-state index contributed by atoms with van der Waals surface area (Å²) in [7, 11) is 0. The number of rotatable bonds is 12. The second-order valence-electron chi connectivity index (χ2n) is 9.01. The van der Waals surface area contributed by atoms with Gasteiger partial charge in [0.25, 0.3) is 5.96 Å². The minimum atomic E-state index is -0.778. The summed E-state index contributed by atoms with van der Waals surface area (Å²) in [6.45, 7) is 4.96. The Bertz CT molecular complexity index is 639. The maximum Gasteiger partial charge on any atom is 0.251 e. The van der Waals surface area contributed by atoms with Gasteiger partial charge in [-0.15, -0.1) is 0 Å². The third kappa shape index (κ3) is 8.16. The van der Waals surface area contributed by atoms with Crippen LogP contribution in [0.3, 0.4) is 0 Å². The van der Waals surface area contributed by atoms with E-state index >= 15 is 0 Å². The number of aliphatic imine (C=N–C) groups is 1. The summed E-state index contributed by atoms with van der Waals surface area (Å²) in [6, 6.07) is -0.636. The van der Waals surface area contributed by atoms with Gasteiger partial charge in [0.2, 0.25) is 11.8 Å². The fourth-order valence-electron chi connectivity index (χ4n) is 4.62. The van der Waals surface area contributed by atoms with Crippen molar-refractivity contribution in [1.29, 1.82) is 0 Å². The number of nitrogens with zero attached hydrogens (tertiary/aromatic N) is 2. The fraction of sp³-hybridized carbons (Fsp3) is 0.850. The van der Waals surface area contributed by atoms with Gasteiger partial charge in [-0.25, -0.2) is 15.1 Å². The van der Waals surface area contributed by atoms with E-state index in [-0.39, 0.29) is 24.3 Å². The summed E-state index contributed by atoms with van der Waals surface area (Å²) in [6.07, 6.45) is 7.09. The highest BCUT2D eigenvalue weighted by Crippen LogP contribution is 2.49. The summed E-state index contributed by atoms with van der Waals surface area (Å²) >= 11 is 0. The second kappa shape index (κ2) is 11.7. The van der Waals surface area contributed by atoms with Crippen molar-refractivity contribution < 1.29 is 14.6 Å². The molecule has 4 atom stereocenters. The lowest BCUT2D eigenvalue weighted by atomic mass is 9.86. The summed E-state index contributed by atoms with van der Waals surface area (Å²) in [5, 5.41) is 15.4. The summed E-state index contributed by atoms with van der Waals surface area (Å²) in [5.74, 6) is 1.79. The van der Waals surface area contributed by atoms with Crippen LogP contribution in [0.15, 0.2) is 4.99 Å². The fourth-order valence-corrected chi connectivity index (χ4v) is 4.62. The van der Waals surface area contributed by atoms with Crippen molar-refractivity contribution in [1.82, 2.24) is 16.1 Å². The number of nitro groups is 1. The molecule has 2 aliphatic carbocycles. The van der Waals surface area contributed by atoms with Gasteiger partial charge in [-0.3, -0.25) is 9.59 Å². The first-order valence-electron chi connectivity index (χ1n) is 11.0. The van der Waals surface area contributed by atoms with Crippen molar-refractivity contribution in [2.24, 2.45) is 34.4 Å². The van der Waals surface area contributed by atoms with Crippen LogP contribution in [0.25, 0.3) is 0 Å². The van der Waals surface area contributed by atoms with Gasteiger partial charge >= 0.3 is 0 Å². The first-order valence-corrected chi connectivity index (χ1v) is 11.0. The Hall–Kier alpha value is -2.39. The molecule has 170 valence electrons. The molecule has 10 nitrogen and oxygen atoms in total. The lowest BCUT2D eigenvalue weighted by Gasteiger charge is -2.23. The highest BCUT2D eigenvalue weighted by Gasteiger charge is 2.40. The molecule has 10 heteroatoms. The molecule has 0 heterocycles. The smallest absolute Gasteiger partial charge is 0.251 e. The van der Waals surface area contributed by atoms with Crippen LogP contribution in [0.1, 0.15) is 65.2 Å². The Balaban J connectivity index is 1.83. The standard InChI is InChI=1S/C20H36N6O4/c1-13(2)7-9-22-19(28)17(4-3-8-23-20(21)25-26(29)30)24-18(27)12-16-11-14-5-6-15(16)10-14/h13-17H,3-12H2,1-2H3,(H,22,28)(H,24,27)(H3,21,23,25)/t14?,15-,16?,17+/m1/s1. The van der Waals surface area contributed by atoms with E-state index in [9.17, 15) is 19.7 Å². The van der Waals surface area contributed by atoms with Gasteiger partial charge < -0.3 is 16.4 Å². The van der Waals surface area contributed by atoms with Crippen molar-refractivity contribution in [2.45, 2.75) is 71.3 Å². The van der Waals surface area contributed by atoms with Crippen LogP contribution in [0, 0.1) is 33.8 Å². The van der Waals surface area contributed by atoms with E-state index in [2.05, 4.69) is 29.5 Å². The van der Waals surface area contributed by atoms with Crippen LogP contribution >= 0.6 is 0 Å². The molecular formula is C20H36N6O4. The van der Waals surface area contributed by atoms with E-state index in [1.165, 1.54) is 19.3 Å². The molecule has 2 rings (SSSR count). The third-order valence-corrected chi connectivity index (χ3v) is 6.14. The number of nitrogens with two attached hydrogens (primary N) is 1. The molecule has 0 saturated heterocycles. The van der Waals surface area contributed by atoms with Gasteiger partial charge in [0, 0.05) is 19.5 Å². The van der Waals surface area contributed by atoms with E-state index in [0.717, 1.165) is 18.8 Å².